The summed E-state index contributed by atoms with van der Waals surface area (Å²) in [5, 5.41) is 5.78. The van der Waals surface area contributed by atoms with Crippen molar-refractivity contribution >= 4 is 24.1 Å². The van der Waals surface area contributed by atoms with Crippen LogP contribution >= 0.6 is 18.2 Å². The van der Waals surface area contributed by atoms with E-state index in [2.05, 4.69) is 10.6 Å². The number of carbonyl (C=O) groups excluding carboxylic acids is 1. The van der Waals surface area contributed by atoms with Gasteiger partial charge in [0.05, 0.1) is 0 Å². The maximum absolute atomic E-state index is 11.4. The van der Waals surface area contributed by atoms with Crippen LogP contribution in [0.4, 0.5) is 0 Å². The second-order valence-electron chi connectivity index (χ2n) is 4.62. The maximum atomic E-state index is 11.4. The van der Waals surface area contributed by atoms with E-state index in [-0.39, 0.29) is 35.8 Å². The fourth-order valence-corrected chi connectivity index (χ4v) is 2.51. The molecule has 6 N–H and O–H groups in total. The quantitative estimate of drug-likeness (QED) is 0.224. The second-order valence-corrected chi connectivity index (χ2v) is 8.47. The van der Waals surface area contributed by atoms with Crippen molar-refractivity contribution in [3.05, 3.63) is 0 Å². The van der Waals surface area contributed by atoms with Crippen LogP contribution in [0.2, 0.25) is 0 Å². The molecular weight excluding hydrogens is 286 g/mol. The SMILES string of the molecule is CC(C)(C)NC(=O)CCNCCSP(=O)(O)O.O.[Li+]. The zero-order valence-electron chi connectivity index (χ0n) is 11.9. The Balaban J connectivity index is -0.00000128. The van der Waals surface area contributed by atoms with E-state index in [4.69, 9.17) is 9.79 Å². The smallest absolute Gasteiger partial charge is 0.412 e. The fraction of sp³-hybridized carbons (Fsp3) is 0.889. The Labute approximate surface area is 130 Å². The van der Waals surface area contributed by atoms with Crippen LogP contribution in [0.25, 0.3) is 0 Å². The first kappa shape index (κ1) is 24.5. The van der Waals surface area contributed by atoms with Gasteiger partial charge in [0.1, 0.15) is 0 Å². The normalized spacial score (nSPS) is 11.2. The minimum Gasteiger partial charge on any atom is -0.412 e. The summed E-state index contributed by atoms with van der Waals surface area (Å²) in [6.07, 6.45) is 0.359. The molecule has 0 saturated carbocycles. The first-order valence-corrected chi connectivity index (χ1v) is 8.52. The third-order valence-corrected chi connectivity index (χ3v) is 3.86. The predicted octanol–water partition coefficient (Wildman–Crippen LogP) is -3.11. The Morgan fingerprint density at radius 2 is 1.79 bits per heavy atom. The summed E-state index contributed by atoms with van der Waals surface area (Å²) in [7, 11) is 0. The fourth-order valence-electron chi connectivity index (χ4n) is 1.04. The molecule has 0 fully saturated rings. The van der Waals surface area contributed by atoms with E-state index in [1.807, 2.05) is 20.8 Å². The number of amides is 1. The molecule has 0 radical (unpaired) electrons. The molecule has 1 amide bonds. The molecule has 0 aliphatic rings. The van der Waals surface area contributed by atoms with Gasteiger partial charge in [-0.15, -0.1) is 0 Å². The number of hydrogen-bond donors (Lipinski definition) is 4. The molecule has 0 aromatic heterocycles. The van der Waals surface area contributed by atoms with E-state index >= 15 is 0 Å². The van der Waals surface area contributed by atoms with E-state index in [0.717, 1.165) is 0 Å². The van der Waals surface area contributed by atoms with Crippen molar-refractivity contribution in [3.63, 3.8) is 0 Å². The first-order chi connectivity index (χ1) is 7.60. The Hall–Kier alpha value is 0.487. The van der Waals surface area contributed by atoms with Crippen LogP contribution in [-0.4, -0.2) is 45.6 Å². The summed E-state index contributed by atoms with van der Waals surface area (Å²) in [6.45, 7) is 2.75. The summed E-state index contributed by atoms with van der Waals surface area (Å²) >= 11 is 0.606. The zero-order valence-corrected chi connectivity index (χ0v) is 13.6. The third kappa shape index (κ3) is 21.0. The largest absolute Gasteiger partial charge is 1.00 e. The second kappa shape index (κ2) is 11.2. The summed E-state index contributed by atoms with van der Waals surface area (Å²) in [5.41, 5.74) is -0.229. The van der Waals surface area contributed by atoms with E-state index in [0.29, 0.717) is 36.6 Å². The summed E-state index contributed by atoms with van der Waals surface area (Å²) < 4.78 is 10.5. The van der Waals surface area contributed by atoms with Crippen molar-refractivity contribution in [2.45, 2.75) is 32.7 Å². The predicted molar refractivity (Wildman–Crippen MR) is 73.5 cm³/mol. The average Bonchev–Trinajstić information content (AvgIpc) is 2.06. The molecule has 7 nitrogen and oxygen atoms in total. The monoisotopic (exact) mass is 309 g/mol. The van der Waals surface area contributed by atoms with E-state index in [1.54, 1.807) is 0 Å². The maximum Gasteiger partial charge on any atom is 1.00 e. The van der Waals surface area contributed by atoms with Gasteiger partial charge in [-0.3, -0.25) is 4.79 Å². The Morgan fingerprint density at radius 3 is 2.21 bits per heavy atom. The van der Waals surface area contributed by atoms with Crippen LogP contribution in [-0.2, 0) is 9.36 Å². The van der Waals surface area contributed by atoms with Crippen LogP contribution in [0.1, 0.15) is 27.2 Å². The molecule has 0 aliphatic heterocycles. The zero-order chi connectivity index (χ0) is 13.5. The van der Waals surface area contributed by atoms with Crippen molar-refractivity contribution in [2.75, 3.05) is 18.8 Å². The Bertz CT molecular complexity index is 295. The molecule has 0 unspecified atom stereocenters. The van der Waals surface area contributed by atoms with Crippen molar-refractivity contribution in [1.82, 2.24) is 10.6 Å². The molecule has 10 heteroatoms. The van der Waals surface area contributed by atoms with Crippen LogP contribution in [0.15, 0.2) is 0 Å². The molecule has 0 aromatic carbocycles. The van der Waals surface area contributed by atoms with Crippen molar-refractivity contribution in [1.29, 1.82) is 0 Å². The van der Waals surface area contributed by atoms with Gasteiger partial charge in [-0.05, 0) is 32.2 Å². The molecule has 0 bridgehead atoms. The summed E-state index contributed by atoms with van der Waals surface area (Å²) in [4.78, 5) is 28.5. The Kier molecular flexibility index (Phi) is 14.4. The van der Waals surface area contributed by atoms with Gasteiger partial charge in [-0.1, -0.05) is 0 Å². The van der Waals surface area contributed by atoms with Gasteiger partial charge in [-0.25, -0.2) is 4.57 Å². The van der Waals surface area contributed by atoms with E-state index < -0.39 is 6.80 Å². The standard InChI is InChI=1S/C9H21N2O4PS.Li.H2O/c1-9(2,3)11-8(12)4-5-10-6-7-17-16(13,14)15;;/h10H,4-7H2,1-3H3,(H,11,12)(H2,13,14,15);;1H2/q;+1;. The van der Waals surface area contributed by atoms with Crippen molar-refractivity contribution in [2.24, 2.45) is 0 Å². The summed E-state index contributed by atoms with van der Waals surface area (Å²) in [5.74, 6) is 0.290. The molecular formula is C9H23LiN2O5PS+. The van der Waals surface area contributed by atoms with Crippen molar-refractivity contribution < 1.29 is 43.5 Å². The molecule has 0 rings (SSSR count). The van der Waals surface area contributed by atoms with Gasteiger partial charge >= 0.3 is 25.7 Å². The van der Waals surface area contributed by atoms with Crippen LogP contribution in [0.5, 0.6) is 0 Å². The van der Waals surface area contributed by atoms with E-state index in [1.165, 1.54) is 0 Å². The van der Waals surface area contributed by atoms with Crippen LogP contribution < -0.4 is 29.5 Å². The van der Waals surface area contributed by atoms with Crippen LogP contribution in [0.3, 0.4) is 0 Å². The van der Waals surface area contributed by atoms with Gasteiger partial charge in [0.25, 0.3) is 0 Å². The van der Waals surface area contributed by atoms with Crippen LogP contribution in [0, 0.1) is 0 Å². The molecule has 0 saturated heterocycles. The Morgan fingerprint density at radius 1 is 1.26 bits per heavy atom. The van der Waals surface area contributed by atoms with Gasteiger partial charge in [-0.2, -0.15) is 0 Å². The molecule has 19 heavy (non-hydrogen) atoms. The van der Waals surface area contributed by atoms with Gasteiger partial charge in [0.2, 0.25) is 5.91 Å². The molecule has 0 aliphatic carbocycles. The van der Waals surface area contributed by atoms with E-state index in [9.17, 15) is 9.36 Å². The van der Waals surface area contributed by atoms with Gasteiger partial charge < -0.3 is 25.9 Å². The minimum absolute atomic E-state index is 0. The molecule has 0 atom stereocenters. The molecule has 0 aromatic rings. The molecule has 0 heterocycles. The number of nitrogens with one attached hydrogen (secondary N) is 2. The third-order valence-electron chi connectivity index (χ3n) is 1.58. The summed E-state index contributed by atoms with van der Waals surface area (Å²) in [6, 6.07) is 0. The first-order valence-electron chi connectivity index (χ1n) is 5.32. The number of hydrogen-bond acceptors (Lipinski definition) is 4. The minimum atomic E-state index is -3.96. The molecule has 0 spiro atoms. The topological polar surface area (TPSA) is 130 Å². The van der Waals surface area contributed by atoms with Gasteiger partial charge in [0, 0.05) is 30.8 Å². The number of rotatable bonds is 7. The number of carbonyl (C=O) groups is 1. The van der Waals surface area contributed by atoms with Crippen molar-refractivity contribution in [3.8, 4) is 0 Å². The van der Waals surface area contributed by atoms with Gasteiger partial charge in [0.15, 0.2) is 0 Å². The average molecular weight is 309 g/mol. The molecule has 110 valence electrons.